The van der Waals surface area contributed by atoms with Crippen molar-refractivity contribution in [1.82, 2.24) is 30.2 Å². The van der Waals surface area contributed by atoms with E-state index in [1.165, 1.54) is 20.3 Å². The van der Waals surface area contributed by atoms with Gasteiger partial charge >= 0.3 is 23.5 Å². The molecule has 1 fully saturated rings. The lowest BCUT2D eigenvalue weighted by Crippen LogP contribution is -2.46. The van der Waals surface area contributed by atoms with Crippen LogP contribution < -0.4 is 16.4 Å². The molecule has 1 aliphatic rings. The largest absolute Gasteiger partial charge is 0.481 e. The van der Waals surface area contributed by atoms with Crippen LogP contribution in [-0.4, -0.2) is 134 Å². The van der Waals surface area contributed by atoms with Gasteiger partial charge in [-0.25, -0.2) is 28.6 Å². The van der Waals surface area contributed by atoms with Gasteiger partial charge in [-0.05, 0) is 19.3 Å². The summed E-state index contributed by atoms with van der Waals surface area (Å²) in [5.74, 6) is -1.15. The van der Waals surface area contributed by atoms with Crippen molar-refractivity contribution in [3.8, 4) is 0 Å². The maximum Gasteiger partial charge on any atom is 0.481 e. The summed E-state index contributed by atoms with van der Waals surface area (Å²) in [6.07, 6.45) is 0.347. The number of phosphoric ester groups is 3. The van der Waals surface area contributed by atoms with Crippen LogP contribution in [0.4, 0.5) is 5.82 Å². The zero-order chi connectivity index (χ0) is 46.3. The van der Waals surface area contributed by atoms with E-state index in [1.54, 1.807) is 0 Å². The molecule has 0 saturated carbocycles. The first kappa shape index (κ1) is 53.9. The molecule has 62 heavy (non-hydrogen) atoms. The molecule has 3 heterocycles. The van der Waals surface area contributed by atoms with Crippen molar-refractivity contribution in [3.63, 3.8) is 0 Å². The first-order valence-corrected chi connectivity index (χ1v) is 25.2. The van der Waals surface area contributed by atoms with Crippen molar-refractivity contribution in [3.05, 3.63) is 12.7 Å². The van der Waals surface area contributed by atoms with E-state index in [1.807, 2.05) is 0 Å². The molecule has 2 aromatic heterocycles. The number of imidazole rings is 1. The first-order chi connectivity index (χ1) is 28.9. The fraction of sp³-hybridized carbons (Fsp3) is 0.758. The van der Waals surface area contributed by atoms with Crippen LogP contribution in [0.1, 0.15) is 91.2 Å². The van der Waals surface area contributed by atoms with Crippen molar-refractivity contribution < 1.29 is 85.6 Å². The SMILES string of the molecule is CCCCCCCC(O)CCCC(=O)SCCNC(=O)CCNC(=O)C(O)C(C)(C)COP(=O)(O)OP(=O)(O)OCC1OC(n2cnc3c(N)ncnc32)C(O)C1OP(=O)(O)O. The third kappa shape index (κ3) is 18.2. The smallest absolute Gasteiger partial charge is 0.393 e. The molecule has 0 spiro atoms. The number of carbonyl (C=O) groups excluding carboxylic acids is 3. The van der Waals surface area contributed by atoms with Crippen molar-refractivity contribution in [2.75, 3.05) is 37.8 Å². The van der Waals surface area contributed by atoms with Crippen LogP contribution >= 0.6 is 35.2 Å². The Kier molecular flexibility index (Phi) is 21.5. The lowest BCUT2D eigenvalue weighted by atomic mass is 9.87. The van der Waals surface area contributed by atoms with Gasteiger partial charge < -0.3 is 56.0 Å². The molecule has 1 aliphatic heterocycles. The fourth-order valence-corrected chi connectivity index (χ4v) is 9.53. The van der Waals surface area contributed by atoms with E-state index in [0.717, 1.165) is 61.1 Å². The molecule has 1 saturated heterocycles. The number of nitrogen functional groups attached to an aromatic ring is 1. The standard InChI is InChI=1S/C33H58N7O18P3S/c1-4-5-6-7-8-10-21(41)11-9-12-24(43)62-16-15-35-23(42)13-14-36-31(46)28(45)33(2,3)18-55-61(52,53)58-60(50,51)54-17-22-27(57-59(47,48)49)26(44)32(56-22)40-20-39-25-29(34)37-19-38-30(25)40/h19-22,26-28,32,41,44-45H,4-18H2,1-3H3,(H,35,42)(H,36,46)(H,50,51)(H,52,53)(H2,34,37,38)(H2,47,48,49). The second kappa shape index (κ2) is 24.7. The third-order valence-corrected chi connectivity index (χ3v) is 13.4. The number of carbonyl (C=O) groups is 3. The second-order valence-electron chi connectivity index (χ2n) is 15.0. The molecule has 0 radical (unpaired) electrons. The number of nitrogens with one attached hydrogen (secondary N) is 2. The highest BCUT2D eigenvalue weighted by atomic mass is 32.2. The van der Waals surface area contributed by atoms with Crippen LogP contribution in [0.25, 0.3) is 11.2 Å². The van der Waals surface area contributed by atoms with Crippen LogP contribution in [0.15, 0.2) is 12.7 Å². The maximum absolute atomic E-state index is 12.7. The van der Waals surface area contributed by atoms with Crippen LogP contribution in [0.5, 0.6) is 0 Å². The Labute approximate surface area is 361 Å². The molecule has 0 bridgehead atoms. The Morgan fingerprint density at radius 2 is 1.63 bits per heavy atom. The number of hydrogen-bond acceptors (Lipinski definition) is 19. The lowest BCUT2D eigenvalue weighted by molar-refractivity contribution is -0.137. The summed E-state index contributed by atoms with van der Waals surface area (Å²) < 4.78 is 62.3. The van der Waals surface area contributed by atoms with E-state index < -0.39 is 90.7 Å². The first-order valence-electron chi connectivity index (χ1n) is 19.7. The summed E-state index contributed by atoms with van der Waals surface area (Å²) >= 11 is 1.07. The van der Waals surface area contributed by atoms with E-state index in [2.05, 4.69) is 41.3 Å². The van der Waals surface area contributed by atoms with Crippen LogP contribution in [0.2, 0.25) is 0 Å². The van der Waals surface area contributed by atoms with Crippen molar-refractivity contribution in [2.24, 2.45) is 5.41 Å². The topological polar surface area (TPSA) is 384 Å². The Hall–Kier alpha value is -2.48. The van der Waals surface area contributed by atoms with Gasteiger partial charge in [0.05, 0.1) is 25.6 Å². The number of amides is 2. The van der Waals surface area contributed by atoms with Gasteiger partial charge in [0, 0.05) is 37.1 Å². The predicted molar refractivity (Wildman–Crippen MR) is 220 cm³/mol. The number of thioether (sulfide) groups is 1. The van der Waals surface area contributed by atoms with Gasteiger partial charge in [0.2, 0.25) is 11.8 Å². The number of unbranched alkanes of at least 4 members (excludes halogenated alkanes) is 4. The van der Waals surface area contributed by atoms with Gasteiger partial charge in [0.15, 0.2) is 22.8 Å². The van der Waals surface area contributed by atoms with Crippen molar-refractivity contribution >= 4 is 69.1 Å². The van der Waals surface area contributed by atoms with Crippen LogP contribution in [0.3, 0.4) is 0 Å². The molecular formula is C33H58N7O18P3S. The summed E-state index contributed by atoms with van der Waals surface area (Å²) in [7, 11) is -16.4. The normalized spacial score (nSPS) is 21.3. The van der Waals surface area contributed by atoms with Crippen molar-refractivity contribution in [1.29, 1.82) is 0 Å². The average Bonchev–Trinajstić information content (AvgIpc) is 3.74. The molecule has 0 aliphatic carbocycles. The van der Waals surface area contributed by atoms with E-state index in [-0.39, 0.29) is 41.6 Å². The summed E-state index contributed by atoms with van der Waals surface area (Å²) in [5.41, 5.74) is 4.25. The number of aliphatic hydroxyl groups is 3. The summed E-state index contributed by atoms with van der Waals surface area (Å²) in [6, 6.07) is 0. The van der Waals surface area contributed by atoms with Gasteiger partial charge in [0.1, 0.15) is 36.3 Å². The minimum atomic E-state index is -5.58. The molecule has 8 unspecified atom stereocenters. The molecule has 2 aromatic rings. The Morgan fingerprint density at radius 1 is 0.952 bits per heavy atom. The Balaban J connectivity index is 1.39. The highest BCUT2D eigenvalue weighted by Gasteiger charge is 2.50. The zero-order valence-electron chi connectivity index (χ0n) is 34.5. The van der Waals surface area contributed by atoms with E-state index in [4.69, 9.17) is 19.5 Å². The lowest BCUT2D eigenvalue weighted by Gasteiger charge is -2.30. The number of hydrogen-bond donors (Lipinski definition) is 10. The maximum atomic E-state index is 12.7. The predicted octanol–water partition coefficient (Wildman–Crippen LogP) is 1.56. The highest BCUT2D eigenvalue weighted by Crippen LogP contribution is 2.61. The number of rotatable bonds is 29. The molecule has 25 nitrogen and oxygen atoms in total. The molecule has 8 atom stereocenters. The number of nitrogens with zero attached hydrogens (tertiary/aromatic N) is 4. The van der Waals surface area contributed by atoms with Crippen molar-refractivity contribution in [2.45, 2.75) is 122 Å². The number of phosphoric acid groups is 3. The monoisotopic (exact) mass is 965 g/mol. The molecule has 3 rings (SSSR count). The number of nitrogens with two attached hydrogens (primary N) is 1. The number of aliphatic hydroxyl groups excluding tert-OH is 3. The summed E-state index contributed by atoms with van der Waals surface area (Å²) in [4.78, 5) is 88.0. The molecule has 354 valence electrons. The Bertz CT molecular complexity index is 1920. The number of ether oxygens (including phenoxy) is 1. The van der Waals surface area contributed by atoms with E-state index >= 15 is 0 Å². The number of anilines is 1. The molecule has 29 heteroatoms. The van der Waals surface area contributed by atoms with Gasteiger partial charge in [-0.3, -0.25) is 32.5 Å². The van der Waals surface area contributed by atoms with E-state index in [0.29, 0.717) is 25.0 Å². The highest BCUT2D eigenvalue weighted by molar-refractivity contribution is 8.13. The number of aromatic nitrogens is 4. The molecule has 11 N–H and O–H groups in total. The van der Waals surface area contributed by atoms with E-state index in [9.17, 15) is 63.0 Å². The molecule has 0 aromatic carbocycles. The van der Waals surface area contributed by atoms with Gasteiger partial charge in [0.25, 0.3) is 0 Å². The Morgan fingerprint density at radius 3 is 2.32 bits per heavy atom. The van der Waals surface area contributed by atoms with Gasteiger partial charge in [-0.15, -0.1) is 0 Å². The molecular weight excluding hydrogens is 907 g/mol. The quantitative estimate of drug-likeness (QED) is 0.0408. The average molecular weight is 966 g/mol. The zero-order valence-corrected chi connectivity index (χ0v) is 38.0. The third-order valence-electron chi connectivity index (χ3n) is 9.32. The van der Waals surface area contributed by atoms with Crippen LogP contribution in [0, 0.1) is 5.41 Å². The number of fused-ring (bicyclic) bond motifs is 1. The van der Waals surface area contributed by atoms with Gasteiger partial charge in [-0.1, -0.05) is 64.6 Å². The minimum Gasteiger partial charge on any atom is -0.393 e. The fourth-order valence-electron chi connectivity index (χ4n) is 5.98. The molecule has 2 amide bonds. The van der Waals surface area contributed by atoms with Crippen LogP contribution in [-0.2, 0) is 50.7 Å². The summed E-state index contributed by atoms with van der Waals surface area (Å²) in [6.45, 7) is 2.59. The van der Waals surface area contributed by atoms with Gasteiger partial charge in [-0.2, -0.15) is 4.31 Å². The summed E-state index contributed by atoms with van der Waals surface area (Å²) in [5, 5.41) is 36.5. The minimum absolute atomic E-state index is 0.0283. The second-order valence-corrected chi connectivity index (χ2v) is 20.4.